The van der Waals surface area contributed by atoms with Crippen LogP contribution in [0.25, 0.3) is 0 Å². The molecule has 2 rings (SSSR count). The van der Waals surface area contributed by atoms with E-state index in [4.69, 9.17) is 11.6 Å². The van der Waals surface area contributed by atoms with E-state index in [0.717, 1.165) is 18.2 Å². The zero-order valence-corrected chi connectivity index (χ0v) is 11.3. The van der Waals surface area contributed by atoms with E-state index >= 15 is 0 Å². The van der Waals surface area contributed by atoms with Gasteiger partial charge in [0.05, 0.1) is 9.95 Å². The lowest BCUT2D eigenvalue weighted by Gasteiger charge is -2.07. The number of nitro groups is 1. The van der Waals surface area contributed by atoms with Crippen molar-refractivity contribution in [3.63, 3.8) is 0 Å². The number of sulfonamides is 1. The number of hydrogen-bond acceptors (Lipinski definition) is 6. The van der Waals surface area contributed by atoms with Crippen LogP contribution in [0.3, 0.4) is 0 Å². The van der Waals surface area contributed by atoms with Crippen molar-refractivity contribution in [1.29, 1.82) is 0 Å². The predicted molar refractivity (Wildman–Crippen MR) is 70.9 cm³/mol. The van der Waals surface area contributed by atoms with Crippen molar-refractivity contribution in [2.45, 2.75) is 4.90 Å². The number of rotatable bonds is 4. The molecule has 0 aliphatic rings. The van der Waals surface area contributed by atoms with Crippen molar-refractivity contribution in [3.05, 3.63) is 51.7 Å². The Hall–Kier alpha value is -2.26. The van der Waals surface area contributed by atoms with Gasteiger partial charge in [0.25, 0.3) is 15.7 Å². The second-order valence-electron chi connectivity index (χ2n) is 3.59. The summed E-state index contributed by atoms with van der Waals surface area (Å²) in [5.74, 6) is -0.0185. The first-order valence-corrected chi connectivity index (χ1v) is 7.01. The van der Waals surface area contributed by atoms with Crippen LogP contribution in [0.5, 0.6) is 0 Å². The Kier molecular flexibility index (Phi) is 3.81. The largest absolute Gasteiger partial charge is 0.270 e. The van der Waals surface area contributed by atoms with Crippen molar-refractivity contribution in [1.82, 2.24) is 10.2 Å². The number of anilines is 1. The minimum Gasteiger partial charge on any atom is -0.262 e. The van der Waals surface area contributed by atoms with Crippen LogP contribution in [-0.4, -0.2) is 23.5 Å². The van der Waals surface area contributed by atoms with E-state index in [-0.39, 0.29) is 16.5 Å². The normalized spacial score (nSPS) is 11.1. The summed E-state index contributed by atoms with van der Waals surface area (Å²) in [6.07, 6.45) is 1.37. The standard InChI is InChI=1S/C10H7ClN4O4S/c11-8-4-3-7(15(16)17)6-9(8)20(18,19)14-10-2-1-5-12-13-10/h1-6H,(H,13,14). The molecule has 1 N–H and O–H groups in total. The van der Waals surface area contributed by atoms with Crippen LogP contribution in [0.4, 0.5) is 11.5 Å². The third kappa shape index (κ3) is 3.00. The summed E-state index contributed by atoms with van der Waals surface area (Å²) < 4.78 is 26.4. The highest BCUT2D eigenvalue weighted by Crippen LogP contribution is 2.27. The molecule has 0 amide bonds. The Morgan fingerprint density at radius 3 is 2.65 bits per heavy atom. The van der Waals surface area contributed by atoms with Gasteiger partial charge in [0.15, 0.2) is 5.82 Å². The fourth-order valence-electron chi connectivity index (χ4n) is 1.36. The van der Waals surface area contributed by atoms with Gasteiger partial charge in [0, 0.05) is 18.3 Å². The lowest BCUT2D eigenvalue weighted by Crippen LogP contribution is -2.15. The molecule has 0 spiro atoms. The van der Waals surface area contributed by atoms with Gasteiger partial charge in [-0.05, 0) is 18.2 Å². The van der Waals surface area contributed by atoms with Gasteiger partial charge in [-0.15, -0.1) is 5.10 Å². The highest BCUT2D eigenvalue weighted by atomic mass is 35.5. The van der Waals surface area contributed by atoms with Crippen LogP contribution in [0, 0.1) is 10.1 Å². The molecule has 0 saturated heterocycles. The van der Waals surface area contributed by atoms with Gasteiger partial charge < -0.3 is 0 Å². The molecule has 0 aliphatic carbocycles. The Bertz CT molecular complexity index is 751. The summed E-state index contributed by atoms with van der Waals surface area (Å²) in [5, 5.41) is 17.6. The molecule has 0 bridgehead atoms. The first-order valence-electron chi connectivity index (χ1n) is 5.14. The smallest absolute Gasteiger partial charge is 0.262 e. The summed E-state index contributed by atoms with van der Waals surface area (Å²) in [7, 11) is -4.09. The van der Waals surface area contributed by atoms with Gasteiger partial charge in [0.1, 0.15) is 4.90 Å². The van der Waals surface area contributed by atoms with Crippen LogP contribution in [0.15, 0.2) is 41.4 Å². The molecule has 1 heterocycles. The van der Waals surface area contributed by atoms with E-state index in [1.165, 1.54) is 18.3 Å². The molecular formula is C10H7ClN4O4S. The zero-order valence-electron chi connectivity index (χ0n) is 9.72. The number of benzene rings is 1. The fraction of sp³-hybridized carbons (Fsp3) is 0. The minimum absolute atomic E-state index is 0.0185. The molecule has 104 valence electrons. The summed E-state index contributed by atoms with van der Waals surface area (Å²) in [6.45, 7) is 0. The molecule has 0 unspecified atom stereocenters. The lowest BCUT2D eigenvalue weighted by molar-refractivity contribution is -0.385. The molecule has 8 nitrogen and oxygen atoms in total. The van der Waals surface area contributed by atoms with Gasteiger partial charge >= 0.3 is 0 Å². The minimum atomic E-state index is -4.09. The number of halogens is 1. The van der Waals surface area contributed by atoms with Gasteiger partial charge in [-0.1, -0.05) is 11.6 Å². The highest BCUT2D eigenvalue weighted by Gasteiger charge is 2.22. The van der Waals surface area contributed by atoms with E-state index in [9.17, 15) is 18.5 Å². The molecule has 2 aromatic rings. The summed E-state index contributed by atoms with van der Waals surface area (Å²) >= 11 is 5.77. The Morgan fingerprint density at radius 2 is 2.05 bits per heavy atom. The molecule has 1 aromatic carbocycles. The zero-order chi connectivity index (χ0) is 14.8. The maximum Gasteiger partial charge on any atom is 0.270 e. The Morgan fingerprint density at radius 1 is 1.30 bits per heavy atom. The first kappa shape index (κ1) is 14.2. The number of nitro benzene ring substituents is 1. The molecule has 0 saturated carbocycles. The van der Waals surface area contributed by atoms with Crippen molar-refractivity contribution in [2.24, 2.45) is 0 Å². The second-order valence-corrected chi connectivity index (χ2v) is 5.64. The molecule has 0 fully saturated rings. The van der Waals surface area contributed by atoms with Gasteiger partial charge in [-0.2, -0.15) is 5.10 Å². The molecular weight excluding hydrogens is 308 g/mol. The number of nitrogens with zero attached hydrogens (tertiary/aromatic N) is 3. The fourth-order valence-corrected chi connectivity index (χ4v) is 2.88. The lowest BCUT2D eigenvalue weighted by atomic mass is 10.3. The van der Waals surface area contributed by atoms with Gasteiger partial charge in [0.2, 0.25) is 0 Å². The van der Waals surface area contributed by atoms with E-state index in [0.29, 0.717) is 0 Å². The maximum absolute atomic E-state index is 12.1. The third-order valence-corrected chi connectivity index (χ3v) is 4.06. The molecule has 1 aromatic heterocycles. The van der Waals surface area contributed by atoms with Gasteiger partial charge in [-0.3, -0.25) is 14.8 Å². The quantitative estimate of drug-likeness (QED) is 0.680. The van der Waals surface area contributed by atoms with Crippen LogP contribution < -0.4 is 4.72 Å². The molecule has 20 heavy (non-hydrogen) atoms. The third-order valence-electron chi connectivity index (χ3n) is 2.23. The first-order chi connectivity index (χ1) is 9.40. The SMILES string of the molecule is O=[N+]([O-])c1ccc(Cl)c(S(=O)(=O)Nc2cccnn2)c1. The number of aromatic nitrogens is 2. The Balaban J connectivity index is 2.44. The van der Waals surface area contributed by atoms with E-state index < -0.39 is 19.8 Å². The van der Waals surface area contributed by atoms with Gasteiger partial charge in [-0.25, -0.2) is 8.42 Å². The average molecular weight is 315 g/mol. The molecule has 0 atom stereocenters. The van der Waals surface area contributed by atoms with E-state index in [1.54, 1.807) is 0 Å². The number of hydrogen-bond donors (Lipinski definition) is 1. The highest BCUT2D eigenvalue weighted by molar-refractivity contribution is 7.92. The predicted octanol–water partition coefficient (Wildman–Crippen LogP) is 1.84. The molecule has 0 radical (unpaired) electrons. The van der Waals surface area contributed by atoms with E-state index in [2.05, 4.69) is 14.9 Å². The van der Waals surface area contributed by atoms with Crippen LogP contribution in [-0.2, 0) is 10.0 Å². The van der Waals surface area contributed by atoms with Crippen LogP contribution >= 0.6 is 11.6 Å². The van der Waals surface area contributed by atoms with Crippen LogP contribution in [0.1, 0.15) is 0 Å². The second kappa shape index (κ2) is 5.39. The molecule has 10 heteroatoms. The maximum atomic E-state index is 12.1. The molecule has 0 aliphatic heterocycles. The van der Waals surface area contributed by atoms with Crippen molar-refractivity contribution in [2.75, 3.05) is 4.72 Å². The van der Waals surface area contributed by atoms with E-state index in [1.807, 2.05) is 0 Å². The summed E-state index contributed by atoms with van der Waals surface area (Å²) in [4.78, 5) is 9.56. The summed E-state index contributed by atoms with van der Waals surface area (Å²) in [5.41, 5.74) is -0.381. The average Bonchev–Trinajstić information content (AvgIpc) is 2.39. The number of nitrogens with one attached hydrogen (secondary N) is 1. The number of non-ortho nitro benzene ring substituents is 1. The van der Waals surface area contributed by atoms with Crippen molar-refractivity contribution >= 4 is 33.1 Å². The van der Waals surface area contributed by atoms with Crippen molar-refractivity contribution < 1.29 is 13.3 Å². The van der Waals surface area contributed by atoms with Crippen LogP contribution in [0.2, 0.25) is 5.02 Å². The summed E-state index contributed by atoms with van der Waals surface area (Å²) in [6, 6.07) is 6.01. The Labute approximate surface area is 118 Å². The topological polar surface area (TPSA) is 115 Å². The monoisotopic (exact) mass is 314 g/mol. The van der Waals surface area contributed by atoms with Crippen molar-refractivity contribution in [3.8, 4) is 0 Å².